The van der Waals surface area contributed by atoms with Crippen molar-refractivity contribution in [3.05, 3.63) is 29.3 Å². The van der Waals surface area contributed by atoms with Gasteiger partial charge in [0.25, 0.3) is 0 Å². The average Bonchev–Trinajstić information content (AvgIpc) is 2.48. The van der Waals surface area contributed by atoms with Crippen LogP contribution in [0.3, 0.4) is 0 Å². The van der Waals surface area contributed by atoms with Gasteiger partial charge in [-0.05, 0) is 25.5 Å². The second-order valence-electron chi connectivity index (χ2n) is 3.16. The summed E-state index contributed by atoms with van der Waals surface area (Å²) < 4.78 is 0. The Kier molecular flexibility index (Phi) is 3.24. The van der Waals surface area contributed by atoms with Crippen molar-refractivity contribution < 1.29 is 0 Å². The van der Waals surface area contributed by atoms with E-state index in [4.69, 9.17) is 0 Å². The van der Waals surface area contributed by atoms with Gasteiger partial charge in [0.15, 0.2) is 0 Å². The van der Waals surface area contributed by atoms with Crippen LogP contribution in [0.25, 0.3) is 0 Å². The third-order valence-corrected chi connectivity index (χ3v) is 1.99. The van der Waals surface area contributed by atoms with E-state index in [1.807, 2.05) is 13.8 Å². The number of nitrogens with zero attached hydrogens (tertiary/aromatic N) is 1. The zero-order chi connectivity index (χ0) is 9.84. The highest BCUT2D eigenvalue weighted by Crippen LogP contribution is 2.26. The van der Waals surface area contributed by atoms with Crippen LogP contribution in [0.5, 0.6) is 0 Å². The molecular weight excluding hydrogens is 158 g/mol. The molecule has 0 bridgehead atoms. The van der Waals surface area contributed by atoms with Gasteiger partial charge in [-0.1, -0.05) is 31.5 Å². The Morgan fingerprint density at radius 2 is 1.85 bits per heavy atom. The quantitative estimate of drug-likeness (QED) is 0.570. The predicted molar refractivity (Wildman–Crippen MR) is 59.0 cm³/mol. The Labute approximate surface area is 80.5 Å². The molecule has 0 fully saturated rings. The van der Waals surface area contributed by atoms with Gasteiger partial charge in [-0.3, -0.25) is 4.99 Å². The van der Waals surface area contributed by atoms with Gasteiger partial charge < -0.3 is 0 Å². The zero-order valence-electron chi connectivity index (χ0n) is 8.89. The highest BCUT2D eigenvalue weighted by Gasteiger charge is 2.09. The molecule has 0 aromatic heterocycles. The maximum absolute atomic E-state index is 4.41. The minimum absolute atomic E-state index is 1.04. The lowest BCUT2D eigenvalue weighted by Crippen LogP contribution is -1.88. The van der Waals surface area contributed by atoms with Crippen molar-refractivity contribution in [2.24, 2.45) is 4.99 Å². The van der Waals surface area contributed by atoms with E-state index < -0.39 is 0 Å². The van der Waals surface area contributed by atoms with Crippen LogP contribution in [0.1, 0.15) is 31.9 Å². The van der Waals surface area contributed by atoms with E-state index in [0.717, 1.165) is 12.1 Å². The lowest BCUT2D eigenvalue weighted by Gasteiger charge is -1.96. The highest BCUT2D eigenvalue weighted by atomic mass is 14.8. The molecule has 1 aliphatic rings. The largest absolute Gasteiger partial charge is 0.257 e. The van der Waals surface area contributed by atoms with E-state index in [0.29, 0.717) is 0 Å². The van der Waals surface area contributed by atoms with Crippen LogP contribution in [0.2, 0.25) is 0 Å². The smallest absolute Gasteiger partial charge is 0.0665 e. The molecule has 0 atom stereocenters. The van der Waals surface area contributed by atoms with Crippen molar-refractivity contribution in [2.75, 3.05) is 0 Å². The van der Waals surface area contributed by atoms with Crippen LogP contribution in [-0.2, 0) is 6.42 Å². The molecule has 0 saturated heterocycles. The van der Waals surface area contributed by atoms with E-state index >= 15 is 0 Å². The molecule has 1 heteroatoms. The molecule has 0 unspecified atom stereocenters. The Morgan fingerprint density at radius 3 is 2.54 bits per heavy atom. The zero-order valence-corrected chi connectivity index (χ0v) is 8.89. The van der Waals surface area contributed by atoms with Crippen molar-refractivity contribution in [2.45, 2.75) is 34.1 Å². The van der Waals surface area contributed by atoms with E-state index in [1.54, 1.807) is 0 Å². The van der Waals surface area contributed by atoms with Crippen LogP contribution >= 0.6 is 0 Å². The molecule has 0 N–H and O–H groups in total. The summed E-state index contributed by atoms with van der Waals surface area (Å²) in [6.07, 6.45) is 1.04. The molecule has 1 aromatic rings. The number of rotatable bonds is 0. The van der Waals surface area contributed by atoms with E-state index in [1.165, 1.54) is 16.8 Å². The molecule has 0 amide bonds. The van der Waals surface area contributed by atoms with Gasteiger partial charge in [-0.2, -0.15) is 0 Å². The summed E-state index contributed by atoms with van der Waals surface area (Å²) in [5.74, 6) is 0. The maximum Gasteiger partial charge on any atom is 0.0665 e. The summed E-state index contributed by atoms with van der Waals surface area (Å²) in [6, 6.07) is 6.43. The first kappa shape index (κ1) is 9.97. The first-order chi connectivity index (χ1) is 6.25. The van der Waals surface area contributed by atoms with E-state index in [9.17, 15) is 0 Å². The summed E-state index contributed by atoms with van der Waals surface area (Å²) in [7, 11) is 0. The molecule has 70 valence electrons. The number of aryl methyl sites for hydroxylation is 1. The lowest BCUT2D eigenvalue weighted by molar-refractivity contribution is 1.34. The first-order valence-electron chi connectivity index (χ1n) is 4.89. The van der Waals surface area contributed by atoms with Gasteiger partial charge in [0, 0.05) is 12.1 Å². The monoisotopic (exact) mass is 175 g/mol. The SMILES string of the molecule is CC.CC1=Nc2ccc(C)cc2C1. The molecule has 13 heavy (non-hydrogen) atoms. The summed E-state index contributed by atoms with van der Waals surface area (Å²) in [4.78, 5) is 4.41. The summed E-state index contributed by atoms with van der Waals surface area (Å²) in [5.41, 5.74) is 5.09. The van der Waals surface area contributed by atoms with Crippen LogP contribution < -0.4 is 0 Å². The van der Waals surface area contributed by atoms with Gasteiger partial charge in [0.05, 0.1) is 5.69 Å². The normalized spacial score (nSPS) is 12.8. The lowest BCUT2D eigenvalue weighted by atomic mass is 10.1. The minimum Gasteiger partial charge on any atom is -0.257 e. The molecule has 1 aliphatic heterocycles. The molecule has 0 radical (unpaired) electrons. The number of fused-ring (bicyclic) bond motifs is 1. The fraction of sp³-hybridized carbons (Fsp3) is 0.417. The fourth-order valence-corrected chi connectivity index (χ4v) is 1.49. The third kappa shape index (κ3) is 2.18. The van der Waals surface area contributed by atoms with Crippen molar-refractivity contribution >= 4 is 11.4 Å². The second kappa shape index (κ2) is 4.22. The Bertz CT molecular complexity index is 324. The summed E-state index contributed by atoms with van der Waals surface area (Å²) in [5, 5.41) is 0. The van der Waals surface area contributed by atoms with E-state index in [-0.39, 0.29) is 0 Å². The summed E-state index contributed by atoms with van der Waals surface area (Å²) >= 11 is 0. The van der Waals surface area contributed by atoms with Gasteiger partial charge in [-0.25, -0.2) is 0 Å². The van der Waals surface area contributed by atoms with Crippen LogP contribution in [0.4, 0.5) is 5.69 Å². The highest BCUT2D eigenvalue weighted by molar-refractivity contribution is 5.92. The van der Waals surface area contributed by atoms with Crippen LogP contribution in [0.15, 0.2) is 23.2 Å². The fourth-order valence-electron chi connectivity index (χ4n) is 1.49. The molecule has 0 aliphatic carbocycles. The number of hydrogen-bond donors (Lipinski definition) is 0. The molecular formula is C12H17N. The van der Waals surface area contributed by atoms with Crippen LogP contribution in [0, 0.1) is 6.92 Å². The van der Waals surface area contributed by atoms with E-state index in [2.05, 4.69) is 37.0 Å². The Balaban J connectivity index is 0.000000396. The third-order valence-electron chi connectivity index (χ3n) is 1.99. The second-order valence-corrected chi connectivity index (χ2v) is 3.16. The Morgan fingerprint density at radius 1 is 1.15 bits per heavy atom. The average molecular weight is 175 g/mol. The van der Waals surface area contributed by atoms with Gasteiger partial charge in [-0.15, -0.1) is 0 Å². The molecule has 1 nitrogen and oxygen atoms in total. The van der Waals surface area contributed by atoms with Crippen molar-refractivity contribution in [3.8, 4) is 0 Å². The summed E-state index contributed by atoms with van der Waals surface area (Å²) in [6.45, 7) is 8.20. The number of aliphatic imine (C=N–C) groups is 1. The Hall–Kier alpha value is -1.11. The topological polar surface area (TPSA) is 12.4 Å². The predicted octanol–water partition coefficient (Wildman–Crippen LogP) is 3.67. The van der Waals surface area contributed by atoms with Crippen molar-refractivity contribution in [3.63, 3.8) is 0 Å². The molecule has 0 spiro atoms. The maximum atomic E-state index is 4.41. The standard InChI is InChI=1S/C10H11N.C2H6/c1-7-3-4-10-9(5-7)6-8(2)11-10;1-2/h3-5H,6H2,1-2H3;1-2H3. The number of hydrogen-bond acceptors (Lipinski definition) is 1. The number of benzene rings is 1. The van der Waals surface area contributed by atoms with Gasteiger partial charge in [0.2, 0.25) is 0 Å². The van der Waals surface area contributed by atoms with Crippen LogP contribution in [-0.4, -0.2) is 5.71 Å². The first-order valence-corrected chi connectivity index (χ1v) is 4.89. The molecule has 2 rings (SSSR count). The van der Waals surface area contributed by atoms with Gasteiger partial charge >= 0.3 is 0 Å². The van der Waals surface area contributed by atoms with Crippen molar-refractivity contribution in [1.82, 2.24) is 0 Å². The minimum atomic E-state index is 1.04. The van der Waals surface area contributed by atoms with Crippen molar-refractivity contribution in [1.29, 1.82) is 0 Å². The molecule has 0 saturated carbocycles. The van der Waals surface area contributed by atoms with Gasteiger partial charge in [0.1, 0.15) is 0 Å². The molecule has 1 heterocycles. The molecule has 1 aromatic carbocycles.